The Morgan fingerprint density at radius 3 is 2.88 bits per heavy atom. The van der Waals surface area contributed by atoms with Crippen molar-refractivity contribution in [1.29, 1.82) is 0 Å². The molecule has 0 atom stereocenters. The summed E-state index contributed by atoms with van der Waals surface area (Å²) >= 11 is 0. The molecule has 1 aliphatic rings. The molecule has 0 saturated heterocycles. The van der Waals surface area contributed by atoms with E-state index in [4.69, 9.17) is 4.74 Å². The number of fused-ring (bicyclic) bond motifs is 1. The van der Waals surface area contributed by atoms with Crippen molar-refractivity contribution >= 4 is 29.2 Å². The highest BCUT2D eigenvalue weighted by molar-refractivity contribution is 6.09. The number of hydrogen-bond donors (Lipinski definition) is 3. The number of nitrogens with zero attached hydrogens (tertiary/aromatic N) is 1. The maximum Gasteiger partial charge on any atom is 0.322 e. The second kappa shape index (κ2) is 8.88. The highest BCUT2D eigenvalue weighted by atomic mass is 16.5. The van der Waals surface area contributed by atoms with Gasteiger partial charge in [-0.2, -0.15) is 0 Å². The first-order valence-corrected chi connectivity index (χ1v) is 7.90. The fraction of sp³-hybridized carbons (Fsp3) is 0.438. The van der Waals surface area contributed by atoms with Gasteiger partial charge in [-0.25, -0.2) is 4.79 Å². The van der Waals surface area contributed by atoms with Gasteiger partial charge in [0.05, 0.1) is 17.9 Å². The summed E-state index contributed by atoms with van der Waals surface area (Å²) in [4.78, 5) is 37.0. The van der Waals surface area contributed by atoms with Crippen LogP contribution in [0.2, 0.25) is 0 Å². The van der Waals surface area contributed by atoms with Crippen LogP contribution in [0.15, 0.2) is 24.3 Å². The number of anilines is 2. The van der Waals surface area contributed by atoms with Gasteiger partial charge in [-0.3, -0.25) is 14.5 Å². The second-order valence-electron chi connectivity index (χ2n) is 5.21. The van der Waals surface area contributed by atoms with Crippen molar-refractivity contribution in [3.8, 4) is 0 Å². The van der Waals surface area contributed by atoms with Gasteiger partial charge in [-0.15, -0.1) is 0 Å². The number of hydrogen-bond acceptors (Lipinski definition) is 4. The van der Waals surface area contributed by atoms with Crippen LogP contribution in [0.5, 0.6) is 0 Å². The van der Waals surface area contributed by atoms with E-state index in [2.05, 4.69) is 16.0 Å². The van der Waals surface area contributed by atoms with Crippen molar-refractivity contribution in [2.75, 3.05) is 43.1 Å². The number of para-hydroxylation sites is 2. The van der Waals surface area contributed by atoms with Crippen LogP contribution >= 0.6 is 0 Å². The lowest BCUT2D eigenvalue weighted by atomic mass is 10.2. The topological polar surface area (TPSA) is 99.8 Å². The van der Waals surface area contributed by atoms with Gasteiger partial charge in [-0.05, 0) is 25.5 Å². The van der Waals surface area contributed by atoms with Gasteiger partial charge < -0.3 is 20.7 Å². The number of amides is 4. The van der Waals surface area contributed by atoms with E-state index in [1.807, 2.05) is 6.92 Å². The van der Waals surface area contributed by atoms with Crippen molar-refractivity contribution in [2.45, 2.75) is 13.3 Å². The molecule has 0 saturated carbocycles. The van der Waals surface area contributed by atoms with E-state index in [0.29, 0.717) is 37.6 Å². The lowest BCUT2D eigenvalue weighted by molar-refractivity contribution is -0.120. The number of benzene rings is 1. The van der Waals surface area contributed by atoms with Gasteiger partial charge in [0.15, 0.2) is 0 Å². The third kappa shape index (κ3) is 4.95. The summed E-state index contributed by atoms with van der Waals surface area (Å²) in [7, 11) is 0. The van der Waals surface area contributed by atoms with Gasteiger partial charge in [0.1, 0.15) is 6.54 Å². The fourth-order valence-electron chi connectivity index (χ4n) is 2.27. The van der Waals surface area contributed by atoms with Crippen LogP contribution in [0, 0.1) is 0 Å². The Morgan fingerprint density at radius 1 is 1.29 bits per heavy atom. The van der Waals surface area contributed by atoms with Crippen molar-refractivity contribution in [1.82, 2.24) is 10.6 Å². The van der Waals surface area contributed by atoms with Crippen LogP contribution in [0.1, 0.15) is 13.3 Å². The second-order valence-corrected chi connectivity index (χ2v) is 5.21. The Balaban J connectivity index is 1.80. The summed E-state index contributed by atoms with van der Waals surface area (Å²) in [5.74, 6) is -0.557. The standard InChI is InChI=1S/C16H22N4O4/c1-2-24-9-5-8-17-14(21)10-18-16(23)20-11-15(22)19-12-6-3-4-7-13(12)20/h3-4,6-7H,2,5,8-11H2,1H3,(H,17,21)(H,18,23)(H,19,22). The van der Waals surface area contributed by atoms with Crippen molar-refractivity contribution < 1.29 is 19.1 Å². The minimum atomic E-state index is -0.484. The fourth-order valence-corrected chi connectivity index (χ4v) is 2.27. The molecular formula is C16H22N4O4. The molecule has 1 aromatic rings. The SMILES string of the molecule is CCOCCCNC(=O)CNC(=O)N1CC(=O)Nc2ccccc21. The van der Waals surface area contributed by atoms with Gasteiger partial charge in [0, 0.05) is 19.8 Å². The molecule has 0 unspecified atom stereocenters. The Hall–Kier alpha value is -2.61. The molecule has 1 aromatic carbocycles. The Kier molecular flexibility index (Phi) is 6.56. The van der Waals surface area contributed by atoms with Crippen molar-refractivity contribution in [3.63, 3.8) is 0 Å². The Bertz CT molecular complexity index is 605. The largest absolute Gasteiger partial charge is 0.382 e. The monoisotopic (exact) mass is 334 g/mol. The van der Waals surface area contributed by atoms with Gasteiger partial charge in [-0.1, -0.05) is 12.1 Å². The van der Waals surface area contributed by atoms with E-state index < -0.39 is 6.03 Å². The highest BCUT2D eigenvalue weighted by Gasteiger charge is 2.26. The molecule has 8 heteroatoms. The quantitative estimate of drug-likeness (QED) is 0.639. The first-order chi connectivity index (χ1) is 11.6. The van der Waals surface area contributed by atoms with Crippen LogP contribution in [0.25, 0.3) is 0 Å². The molecule has 2 rings (SSSR count). The average molecular weight is 334 g/mol. The summed E-state index contributed by atoms with van der Waals surface area (Å²) in [6.45, 7) is 3.40. The molecule has 4 amide bonds. The average Bonchev–Trinajstić information content (AvgIpc) is 2.58. The third-order valence-electron chi connectivity index (χ3n) is 3.41. The van der Waals surface area contributed by atoms with Crippen LogP contribution in [-0.4, -0.2) is 50.7 Å². The summed E-state index contributed by atoms with van der Waals surface area (Å²) in [6.07, 6.45) is 0.715. The number of carbonyl (C=O) groups excluding carboxylic acids is 3. The molecule has 1 heterocycles. The maximum absolute atomic E-state index is 12.3. The molecule has 0 radical (unpaired) electrons. The molecule has 0 bridgehead atoms. The summed E-state index contributed by atoms with van der Waals surface area (Å²) in [5, 5.41) is 7.93. The molecule has 3 N–H and O–H groups in total. The number of urea groups is 1. The number of rotatable bonds is 7. The smallest absolute Gasteiger partial charge is 0.322 e. The molecule has 0 fully saturated rings. The zero-order valence-corrected chi connectivity index (χ0v) is 13.6. The van der Waals surface area contributed by atoms with E-state index in [1.165, 1.54) is 4.90 Å². The number of ether oxygens (including phenoxy) is 1. The minimum Gasteiger partial charge on any atom is -0.382 e. The van der Waals surface area contributed by atoms with Gasteiger partial charge >= 0.3 is 6.03 Å². The predicted octanol–water partition coefficient (Wildman–Crippen LogP) is 0.698. The van der Waals surface area contributed by atoms with Gasteiger partial charge in [0.25, 0.3) is 0 Å². The van der Waals surface area contributed by atoms with Crippen molar-refractivity contribution in [2.24, 2.45) is 0 Å². The van der Waals surface area contributed by atoms with E-state index in [9.17, 15) is 14.4 Å². The predicted molar refractivity (Wildman–Crippen MR) is 89.9 cm³/mol. The van der Waals surface area contributed by atoms with Crippen LogP contribution in [0.4, 0.5) is 16.2 Å². The molecule has 1 aliphatic heterocycles. The maximum atomic E-state index is 12.3. The lowest BCUT2D eigenvalue weighted by Gasteiger charge is -2.29. The van der Waals surface area contributed by atoms with Crippen LogP contribution in [0.3, 0.4) is 0 Å². The van der Waals surface area contributed by atoms with E-state index in [1.54, 1.807) is 24.3 Å². The van der Waals surface area contributed by atoms with E-state index in [0.717, 1.165) is 0 Å². The minimum absolute atomic E-state index is 0.0845. The van der Waals surface area contributed by atoms with Crippen LogP contribution < -0.4 is 20.9 Å². The lowest BCUT2D eigenvalue weighted by Crippen LogP contribution is -2.49. The summed E-state index contributed by atoms with van der Waals surface area (Å²) in [6, 6.07) is 6.53. The highest BCUT2D eigenvalue weighted by Crippen LogP contribution is 2.28. The van der Waals surface area contributed by atoms with E-state index in [-0.39, 0.29) is 24.9 Å². The number of carbonyl (C=O) groups is 3. The summed E-state index contributed by atoms with van der Waals surface area (Å²) in [5.41, 5.74) is 1.18. The molecule has 0 aliphatic carbocycles. The normalized spacial score (nSPS) is 13.0. The molecule has 8 nitrogen and oxygen atoms in total. The van der Waals surface area contributed by atoms with E-state index >= 15 is 0 Å². The first-order valence-electron chi connectivity index (χ1n) is 7.90. The van der Waals surface area contributed by atoms with Crippen LogP contribution in [-0.2, 0) is 14.3 Å². The number of nitrogens with one attached hydrogen (secondary N) is 3. The molecule has 0 spiro atoms. The zero-order valence-electron chi connectivity index (χ0n) is 13.6. The molecular weight excluding hydrogens is 312 g/mol. The van der Waals surface area contributed by atoms with Gasteiger partial charge in [0.2, 0.25) is 11.8 Å². The third-order valence-corrected chi connectivity index (χ3v) is 3.41. The molecule has 0 aromatic heterocycles. The van der Waals surface area contributed by atoms with Crippen molar-refractivity contribution in [3.05, 3.63) is 24.3 Å². The zero-order chi connectivity index (χ0) is 17.4. The Labute approximate surface area is 140 Å². The first kappa shape index (κ1) is 17.7. The molecule has 130 valence electrons. The summed E-state index contributed by atoms with van der Waals surface area (Å²) < 4.78 is 5.17. The molecule has 24 heavy (non-hydrogen) atoms. The Morgan fingerprint density at radius 2 is 2.08 bits per heavy atom.